The maximum absolute atomic E-state index is 5.58. The first-order chi connectivity index (χ1) is 7.36. The zero-order chi connectivity index (χ0) is 10.9. The third-order valence-electron chi connectivity index (χ3n) is 2.16. The number of rotatable bonds is 7. The van der Waals surface area contributed by atoms with Gasteiger partial charge in [0.15, 0.2) is 0 Å². The quantitative estimate of drug-likeness (QED) is 0.500. The van der Waals surface area contributed by atoms with Crippen LogP contribution in [0.15, 0.2) is 30.8 Å². The van der Waals surface area contributed by atoms with Gasteiger partial charge in [0.1, 0.15) is 5.75 Å². The molecule has 0 fully saturated rings. The average Bonchev–Trinajstić information content (AvgIpc) is 2.30. The number of benzene rings is 1. The Morgan fingerprint density at radius 1 is 1.13 bits per heavy atom. The van der Waals surface area contributed by atoms with Gasteiger partial charge < -0.3 is 4.74 Å². The van der Waals surface area contributed by atoms with Crippen LogP contribution >= 0.6 is 11.6 Å². The second-order valence-electron chi connectivity index (χ2n) is 3.37. The van der Waals surface area contributed by atoms with Gasteiger partial charge in [-0.15, -0.1) is 11.6 Å². The molecule has 15 heavy (non-hydrogen) atoms. The first-order valence-corrected chi connectivity index (χ1v) is 5.81. The fourth-order valence-electron chi connectivity index (χ4n) is 1.26. The Morgan fingerprint density at radius 3 is 2.47 bits per heavy atom. The van der Waals surface area contributed by atoms with Crippen molar-refractivity contribution in [2.75, 3.05) is 12.5 Å². The van der Waals surface area contributed by atoms with E-state index in [1.54, 1.807) is 0 Å². The van der Waals surface area contributed by atoms with Crippen molar-refractivity contribution in [2.45, 2.75) is 19.3 Å². The summed E-state index contributed by atoms with van der Waals surface area (Å²) in [6, 6.07) is 7.94. The maximum Gasteiger partial charge on any atom is 0.119 e. The highest BCUT2D eigenvalue weighted by Crippen LogP contribution is 2.13. The van der Waals surface area contributed by atoms with Crippen molar-refractivity contribution >= 4 is 17.7 Å². The molecule has 2 heteroatoms. The van der Waals surface area contributed by atoms with Crippen LogP contribution in [0.1, 0.15) is 24.8 Å². The number of hydrogen-bond acceptors (Lipinski definition) is 1. The van der Waals surface area contributed by atoms with E-state index in [0.717, 1.165) is 43.1 Å². The van der Waals surface area contributed by atoms with E-state index in [2.05, 4.69) is 6.58 Å². The van der Waals surface area contributed by atoms with Gasteiger partial charge in [0.25, 0.3) is 0 Å². The summed E-state index contributed by atoms with van der Waals surface area (Å²) in [4.78, 5) is 0. The summed E-state index contributed by atoms with van der Waals surface area (Å²) >= 11 is 5.58. The number of unbranched alkanes of at least 4 members (excludes halogenated alkanes) is 2. The molecule has 0 aliphatic rings. The molecular formula is C13H17ClO. The standard InChI is InChI=1S/C13H17ClO/c1-2-12-6-8-13(9-7-12)15-11-5-3-4-10-14/h2,6-9H,1,3-5,10-11H2. The molecule has 0 amide bonds. The lowest BCUT2D eigenvalue weighted by Crippen LogP contribution is -1.97. The Balaban J connectivity index is 2.22. The molecule has 1 nitrogen and oxygen atoms in total. The molecule has 82 valence electrons. The molecule has 0 bridgehead atoms. The van der Waals surface area contributed by atoms with E-state index in [0.29, 0.717) is 0 Å². The van der Waals surface area contributed by atoms with Crippen molar-refractivity contribution in [3.63, 3.8) is 0 Å². The zero-order valence-electron chi connectivity index (χ0n) is 8.92. The minimum Gasteiger partial charge on any atom is -0.494 e. The van der Waals surface area contributed by atoms with E-state index < -0.39 is 0 Å². The number of alkyl halides is 1. The van der Waals surface area contributed by atoms with Gasteiger partial charge in [-0.2, -0.15) is 0 Å². The van der Waals surface area contributed by atoms with Crippen molar-refractivity contribution in [3.8, 4) is 5.75 Å². The van der Waals surface area contributed by atoms with Crippen molar-refractivity contribution in [1.29, 1.82) is 0 Å². The van der Waals surface area contributed by atoms with E-state index in [1.807, 2.05) is 30.3 Å². The second-order valence-corrected chi connectivity index (χ2v) is 3.75. The predicted molar refractivity (Wildman–Crippen MR) is 66.6 cm³/mol. The van der Waals surface area contributed by atoms with Crippen LogP contribution in [0.3, 0.4) is 0 Å². The molecule has 0 saturated heterocycles. The third-order valence-corrected chi connectivity index (χ3v) is 2.43. The van der Waals surface area contributed by atoms with Crippen molar-refractivity contribution < 1.29 is 4.74 Å². The summed E-state index contributed by atoms with van der Waals surface area (Å²) in [5.41, 5.74) is 1.12. The molecule has 0 aliphatic heterocycles. The van der Waals surface area contributed by atoms with Crippen molar-refractivity contribution in [1.82, 2.24) is 0 Å². The van der Waals surface area contributed by atoms with Gasteiger partial charge in [-0.25, -0.2) is 0 Å². The number of ether oxygens (including phenoxy) is 1. The van der Waals surface area contributed by atoms with Crippen molar-refractivity contribution in [3.05, 3.63) is 36.4 Å². The van der Waals surface area contributed by atoms with Crippen LogP contribution < -0.4 is 4.74 Å². The molecule has 1 aromatic rings. The molecule has 1 rings (SSSR count). The molecule has 0 radical (unpaired) electrons. The van der Waals surface area contributed by atoms with Crippen LogP contribution in [0.2, 0.25) is 0 Å². The molecule has 0 aliphatic carbocycles. The molecule has 1 aromatic carbocycles. The summed E-state index contributed by atoms with van der Waals surface area (Å²) in [5, 5.41) is 0. The van der Waals surface area contributed by atoms with Crippen LogP contribution in [0.5, 0.6) is 5.75 Å². The van der Waals surface area contributed by atoms with E-state index in [4.69, 9.17) is 16.3 Å². The van der Waals surface area contributed by atoms with E-state index in [9.17, 15) is 0 Å². The van der Waals surface area contributed by atoms with Crippen LogP contribution in [0.25, 0.3) is 6.08 Å². The first kappa shape index (κ1) is 12.1. The maximum atomic E-state index is 5.58. The Hall–Kier alpha value is -0.950. The van der Waals surface area contributed by atoms with Gasteiger partial charge in [-0.1, -0.05) is 24.8 Å². The Bertz CT molecular complexity index is 279. The van der Waals surface area contributed by atoms with Crippen LogP contribution in [-0.2, 0) is 0 Å². The lowest BCUT2D eigenvalue weighted by atomic mass is 10.2. The van der Waals surface area contributed by atoms with Crippen LogP contribution in [0.4, 0.5) is 0 Å². The molecule has 0 N–H and O–H groups in total. The topological polar surface area (TPSA) is 9.23 Å². The number of hydrogen-bond donors (Lipinski definition) is 0. The Labute approximate surface area is 96.7 Å². The summed E-state index contributed by atoms with van der Waals surface area (Å²) < 4.78 is 5.57. The first-order valence-electron chi connectivity index (χ1n) is 5.28. The Morgan fingerprint density at radius 2 is 1.87 bits per heavy atom. The van der Waals surface area contributed by atoms with Crippen LogP contribution in [-0.4, -0.2) is 12.5 Å². The lowest BCUT2D eigenvalue weighted by Gasteiger charge is -2.05. The van der Waals surface area contributed by atoms with E-state index in [-0.39, 0.29) is 0 Å². The lowest BCUT2D eigenvalue weighted by molar-refractivity contribution is 0.306. The normalized spacial score (nSPS) is 9.93. The smallest absolute Gasteiger partial charge is 0.119 e. The van der Waals surface area contributed by atoms with E-state index >= 15 is 0 Å². The zero-order valence-corrected chi connectivity index (χ0v) is 9.67. The highest BCUT2D eigenvalue weighted by atomic mass is 35.5. The molecule has 0 unspecified atom stereocenters. The summed E-state index contributed by atoms with van der Waals surface area (Å²) in [5.74, 6) is 1.67. The fraction of sp³-hybridized carbons (Fsp3) is 0.385. The predicted octanol–water partition coefficient (Wildman–Crippen LogP) is 4.12. The van der Waals surface area contributed by atoms with E-state index in [1.165, 1.54) is 0 Å². The third kappa shape index (κ3) is 4.89. The molecule has 0 saturated carbocycles. The van der Waals surface area contributed by atoms with Crippen molar-refractivity contribution in [2.24, 2.45) is 0 Å². The molecular weight excluding hydrogens is 208 g/mol. The molecule has 0 spiro atoms. The van der Waals surface area contributed by atoms with Gasteiger partial charge >= 0.3 is 0 Å². The summed E-state index contributed by atoms with van der Waals surface area (Å²) in [7, 11) is 0. The second kappa shape index (κ2) is 7.36. The fourth-order valence-corrected chi connectivity index (χ4v) is 1.45. The van der Waals surface area contributed by atoms with Gasteiger partial charge in [-0.05, 0) is 37.0 Å². The van der Waals surface area contributed by atoms with Gasteiger partial charge in [0.2, 0.25) is 0 Å². The van der Waals surface area contributed by atoms with Gasteiger partial charge in [-0.3, -0.25) is 0 Å². The summed E-state index contributed by atoms with van der Waals surface area (Å²) in [6.07, 6.45) is 5.09. The molecule has 0 heterocycles. The molecule has 0 aromatic heterocycles. The number of halogens is 1. The van der Waals surface area contributed by atoms with Gasteiger partial charge in [0, 0.05) is 5.88 Å². The highest BCUT2D eigenvalue weighted by molar-refractivity contribution is 6.17. The SMILES string of the molecule is C=Cc1ccc(OCCCCCCl)cc1. The largest absolute Gasteiger partial charge is 0.494 e. The Kier molecular flexibility index (Phi) is 5.94. The monoisotopic (exact) mass is 224 g/mol. The average molecular weight is 225 g/mol. The molecule has 0 atom stereocenters. The minimum atomic E-state index is 0.744. The highest BCUT2D eigenvalue weighted by Gasteiger charge is 1.93. The summed E-state index contributed by atoms with van der Waals surface area (Å²) in [6.45, 7) is 4.47. The minimum absolute atomic E-state index is 0.744. The van der Waals surface area contributed by atoms with Crippen LogP contribution in [0, 0.1) is 0 Å². The van der Waals surface area contributed by atoms with Gasteiger partial charge in [0.05, 0.1) is 6.61 Å².